The number of benzene rings is 1. The topological polar surface area (TPSA) is 70.8 Å². The van der Waals surface area contributed by atoms with Gasteiger partial charge in [0.15, 0.2) is 17.3 Å². The Morgan fingerprint density at radius 1 is 0.958 bits per heavy atom. The van der Waals surface area contributed by atoms with Crippen molar-refractivity contribution in [2.75, 3.05) is 33.2 Å². The quantitative estimate of drug-likeness (QED) is 0.677. The van der Waals surface area contributed by atoms with Crippen molar-refractivity contribution in [3.63, 3.8) is 0 Å². The highest BCUT2D eigenvalue weighted by atomic mass is 16.4. The van der Waals surface area contributed by atoms with E-state index in [2.05, 4.69) is 4.90 Å². The zero-order valence-corrected chi connectivity index (χ0v) is 13.2. The van der Waals surface area contributed by atoms with Crippen LogP contribution in [0.4, 0.5) is 0 Å². The molecule has 2 aliphatic rings. The Morgan fingerprint density at radius 3 is 2.25 bits per heavy atom. The van der Waals surface area contributed by atoms with Crippen LogP contribution in [0.2, 0.25) is 0 Å². The largest absolute Gasteiger partial charge is 0.447 e. The molecule has 0 atom stereocenters. The van der Waals surface area contributed by atoms with Crippen molar-refractivity contribution in [1.29, 1.82) is 0 Å². The average molecular weight is 324 g/mol. The average Bonchev–Trinajstić information content (AvgIpc) is 3.05. The molecule has 0 spiro atoms. The lowest BCUT2D eigenvalue weighted by molar-refractivity contribution is 0.0630. The summed E-state index contributed by atoms with van der Waals surface area (Å²) in [5.41, 5.74) is 0.855. The number of ketones is 2. The summed E-state index contributed by atoms with van der Waals surface area (Å²) < 4.78 is 5.51. The number of likely N-dealkylation sites (N-methyl/N-ethyl adjacent to an activating group) is 1. The summed E-state index contributed by atoms with van der Waals surface area (Å²) in [6, 6.07) is 8.04. The Kier molecular flexibility index (Phi) is 3.35. The summed E-state index contributed by atoms with van der Waals surface area (Å²) in [6.07, 6.45) is 0. The lowest BCUT2D eigenvalue weighted by Gasteiger charge is -2.31. The molecule has 1 aromatic heterocycles. The number of amides is 1. The standard InChI is InChI=1S/C18H16N2O4/c1-19-6-8-20(9-7-19)18(23)14-10-13-15(21)11-4-2-3-5-12(11)16(22)17(13)24-14/h2-5,10H,6-9H2,1H3. The normalized spacial score (nSPS) is 17.6. The number of hydrogen-bond donors (Lipinski definition) is 0. The number of nitrogens with zero attached hydrogens (tertiary/aromatic N) is 2. The molecule has 0 saturated carbocycles. The van der Waals surface area contributed by atoms with Crippen molar-refractivity contribution in [3.8, 4) is 0 Å². The van der Waals surface area contributed by atoms with Gasteiger partial charge >= 0.3 is 0 Å². The summed E-state index contributed by atoms with van der Waals surface area (Å²) in [4.78, 5) is 41.5. The summed E-state index contributed by atoms with van der Waals surface area (Å²) >= 11 is 0. The Labute approximate surface area is 138 Å². The first-order valence-electron chi connectivity index (χ1n) is 7.86. The zero-order valence-electron chi connectivity index (χ0n) is 13.2. The van der Waals surface area contributed by atoms with Crippen LogP contribution in [0.3, 0.4) is 0 Å². The lowest BCUT2D eigenvalue weighted by Crippen LogP contribution is -2.47. The number of hydrogen-bond acceptors (Lipinski definition) is 5. The predicted molar refractivity (Wildman–Crippen MR) is 85.4 cm³/mol. The monoisotopic (exact) mass is 324 g/mol. The molecule has 6 heteroatoms. The zero-order chi connectivity index (χ0) is 16.8. The maximum Gasteiger partial charge on any atom is 0.289 e. The van der Waals surface area contributed by atoms with E-state index in [0.29, 0.717) is 24.2 Å². The first kappa shape index (κ1) is 14.8. The summed E-state index contributed by atoms with van der Waals surface area (Å²) in [5, 5.41) is 0. The second-order valence-corrected chi connectivity index (χ2v) is 6.15. The minimum Gasteiger partial charge on any atom is -0.447 e. The molecule has 1 saturated heterocycles. The van der Waals surface area contributed by atoms with Crippen LogP contribution in [0.25, 0.3) is 0 Å². The molecular formula is C18H16N2O4. The minimum atomic E-state index is -0.349. The van der Waals surface area contributed by atoms with Gasteiger partial charge in [-0.15, -0.1) is 0 Å². The number of carbonyl (C=O) groups excluding carboxylic acids is 3. The fourth-order valence-electron chi connectivity index (χ4n) is 3.15. The van der Waals surface area contributed by atoms with E-state index in [1.54, 1.807) is 29.2 Å². The Hall–Kier alpha value is -2.73. The molecule has 1 amide bonds. The first-order chi connectivity index (χ1) is 11.6. The van der Waals surface area contributed by atoms with E-state index in [0.717, 1.165) is 13.1 Å². The van der Waals surface area contributed by atoms with Crippen LogP contribution in [0.1, 0.15) is 42.6 Å². The number of piperazine rings is 1. The van der Waals surface area contributed by atoms with Crippen molar-refractivity contribution >= 4 is 17.5 Å². The molecule has 0 N–H and O–H groups in total. The highest BCUT2D eigenvalue weighted by Crippen LogP contribution is 2.30. The molecule has 0 unspecified atom stereocenters. The fraction of sp³-hybridized carbons (Fsp3) is 0.278. The third-order valence-electron chi connectivity index (χ3n) is 4.60. The highest BCUT2D eigenvalue weighted by molar-refractivity contribution is 6.27. The Bertz CT molecular complexity index is 807. The Morgan fingerprint density at radius 2 is 1.58 bits per heavy atom. The molecule has 6 nitrogen and oxygen atoms in total. The molecule has 4 rings (SSSR count). The summed E-state index contributed by atoms with van der Waals surface area (Å²) in [7, 11) is 2.00. The SMILES string of the molecule is CN1CCN(C(=O)c2cc3c(o2)C(=O)c2ccccc2C3=O)CC1. The molecule has 1 fully saturated rings. The van der Waals surface area contributed by atoms with Crippen molar-refractivity contribution in [2.24, 2.45) is 0 Å². The van der Waals surface area contributed by atoms with Gasteiger partial charge in [0.1, 0.15) is 0 Å². The van der Waals surface area contributed by atoms with Crippen molar-refractivity contribution < 1.29 is 18.8 Å². The van der Waals surface area contributed by atoms with Gasteiger partial charge in [-0.2, -0.15) is 0 Å². The number of carbonyl (C=O) groups is 3. The van der Waals surface area contributed by atoms with E-state index in [1.165, 1.54) is 6.07 Å². The smallest absolute Gasteiger partial charge is 0.289 e. The highest BCUT2D eigenvalue weighted by Gasteiger charge is 2.35. The van der Waals surface area contributed by atoms with Gasteiger partial charge in [0.25, 0.3) is 5.91 Å². The van der Waals surface area contributed by atoms with Crippen LogP contribution in [0.15, 0.2) is 34.7 Å². The third-order valence-corrected chi connectivity index (χ3v) is 4.60. The van der Waals surface area contributed by atoms with E-state index in [1.807, 2.05) is 7.05 Å². The molecular weight excluding hydrogens is 308 g/mol. The van der Waals surface area contributed by atoms with Gasteiger partial charge < -0.3 is 14.2 Å². The van der Waals surface area contributed by atoms with Crippen LogP contribution in [-0.2, 0) is 0 Å². The predicted octanol–water partition coefficient (Wildman–Crippen LogP) is 1.44. The number of fused-ring (bicyclic) bond motifs is 2. The van der Waals surface area contributed by atoms with Crippen LogP contribution in [-0.4, -0.2) is 60.5 Å². The third kappa shape index (κ3) is 2.18. The van der Waals surface area contributed by atoms with E-state index in [-0.39, 0.29) is 34.6 Å². The van der Waals surface area contributed by atoms with Crippen LogP contribution in [0, 0.1) is 0 Å². The van der Waals surface area contributed by atoms with E-state index in [4.69, 9.17) is 4.42 Å². The number of furan rings is 1. The van der Waals surface area contributed by atoms with Gasteiger partial charge in [0.2, 0.25) is 5.78 Å². The first-order valence-corrected chi connectivity index (χ1v) is 7.86. The molecule has 122 valence electrons. The molecule has 24 heavy (non-hydrogen) atoms. The Balaban J connectivity index is 1.69. The van der Waals surface area contributed by atoms with Gasteiger partial charge in [-0.25, -0.2) is 0 Å². The maximum absolute atomic E-state index is 12.6. The van der Waals surface area contributed by atoms with Crippen molar-refractivity contribution in [3.05, 3.63) is 58.5 Å². The fourth-order valence-corrected chi connectivity index (χ4v) is 3.15. The molecule has 2 aromatic rings. The molecule has 0 radical (unpaired) electrons. The molecule has 0 bridgehead atoms. The summed E-state index contributed by atoms with van der Waals surface area (Å²) in [5.74, 6) is -0.878. The minimum absolute atomic E-state index is 0.0313. The van der Waals surface area contributed by atoms with Crippen molar-refractivity contribution in [1.82, 2.24) is 9.80 Å². The second kappa shape index (κ2) is 5.42. The second-order valence-electron chi connectivity index (χ2n) is 6.15. The molecule has 1 aliphatic carbocycles. The van der Waals surface area contributed by atoms with Gasteiger partial charge in [-0.1, -0.05) is 24.3 Å². The molecule has 2 heterocycles. The van der Waals surface area contributed by atoms with Crippen molar-refractivity contribution in [2.45, 2.75) is 0 Å². The lowest BCUT2D eigenvalue weighted by atomic mass is 9.88. The van der Waals surface area contributed by atoms with E-state index < -0.39 is 0 Å². The summed E-state index contributed by atoms with van der Waals surface area (Å²) in [6.45, 7) is 2.77. The van der Waals surface area contributed by atoms with E-state index in [9.17, 15) is 14.4 Å². The van der Waals surface area contributed by atoms with Gasteiger partial charge in [-0.3, -0.25) is 14.4 Å². The van der Waals surface area contributed by atoms with Crippen LogP contribution in [0.5, 0.6) is 0 Å². The van der Waals surface area contributed by atoms with E-state index >= 15 is 0 Å². The molecule has 1 aliphatic heterocycles. The number of rotatable bonds is 1. The van der Waals surface area contributed by atoms with Gasteiger partial charge in [0, 0.05) is 43.4 Å². The van der Waals surface area contributed by atoms with Crippen LogP contribution < -0.4 is 0 Å². The molecule has 1 aromatic carbocycles. The van der Waals surface area contributed by atoms with Gasteiger partial charge in [-0.05, 0) is 7.05 Å². The van der Waals surface area contributed by atoms with Crippen LogP contribution >= 0.6 is 0 Å². The van der Waals surface area contributed by atoms with Gasteiger partial charge in [0.05, 0.1) is 5.56 Å². The maximum atomic E-state index is 12.6.